The maximum absolute atomic E-state index is 9.36. The maximum atomic E-state index is 9.36. The van der Waals surface area contributed by atoms with Gasteiger partial charge in [-0.2, -0.15) is 0 Å². The quantitative estimate of drug-likeness (QED) is 0.740. The van der Waals surface area contributed by atoms with Crippen molar-refractivity contribution in [3.8, 4) is 0 Å². The van der Waals surface area contributed by atoms with Crippen LogP contribution in [0.1, 0.15) is 25.7 Å². The average molecular weight is 195 g/mol. The van der Waals surface area contributed by atoms with E-state index in [1.54, 1.807) is 6.20 Å². The summed E-state index contributed by atoms with van der Waals surface area (Å²) in [5.41, 5.74) is 5.69. The highest BCUT2D eigenvalue weighted by atomic mass is 16.3. The fourth-order valence-corrected chi connectivity index (χ4v) is 2.10. The van der Waals surface area contributed by atoms with Crippen LogP contribution in [0.4, 0.5) is 5.95 Å². The number of aliphatic hydroxyl groups excluding tert-OH is 1. The van der Waals surface area contributed by atoms with Crippen molar-refractivity contribution in [1.29, 1.82) is 0 Å². The molecule has 1 aromatic heterocycles. The van der Waals surface area contributed by atoms with Gasteiger partial charge in [-0.15, -0.1) is 0 Å². The van der Waals surface area contributed by atoms with Crippen molar-refractivity contribution in [3.05, 3.63) is 12.4 Å². The molecule has 1 aromatic rings. The molecule has 0 bridgehead atoms. The number of hydrogen-bond donors (Lipinski definition) is 2. The molecule has 0 spiro atoms. The minimum atomic E-state index is -0.0774. The summed E-state index contributed by atoms with van der Waals surface area (Å²) in [6.07, 6.45) is 7.62. The van der Waals surface area contributed by atoms with Crippen molar-refractivity contribution in [2.24, 2.45) is 5.92 Å². The Morgan fingerprint density at radius 2 is 2.14 bits per heavy atom. The van der Waals surface area contributed by atoms with E-state index in [-0.39, 0.29) is 6.10 Å². The van der Waals surface area contributed by atoms with Crippen LogP contribution in [-0.4, -0.2) is 20.8 Å². The Kier molecular flexibility index (Phi) is 2.72. The fraction of sp³-hybridized carbons (Fsp3) is 0.700. The van der Waals surface area contributed by atoms with E-state index in [0.717, 1.165) is 32.2 Å². The Balaban J connectivity index is 1.89. The van der Waals surface area contributed by atoms with Crippen molar-refractivity contribution in [2.45, 2.75) is 38.3 Å². The molecule has 4 nitrogen and oxygen atoms in total. The minimum Gasteiger partial charge on any atom is -0.393 e. The second kappa shape index (κ2) is 4.00. The van der Waals surface area contributed by atoms with E-state index in [9.17, 15) is 5.11 Å². The number of aromatic nitrogens is 2. The number of rotatable bonds is 2. The number of nitrogens with zero attached hydrogens (tertiary/aromatic N) is 2. The Hall–Kier alpha value is -1.03. The molecule has 1 fully saturated rings. The highest BCUT2D eigenvalue weighted by Crippen LogP contribution is 2.25. The third kappa shape index (κ3) is 2.07. The van der Waals surface area contributed by atoms with Crippen LogP contribution in [0.2, 0.25) is 0 Å². The number of aliphatic hydroxyl groups is 1. The predicted octanol–water partition coefficient (Wildman–Crippen LogP) is 1.02. The first-order valence-electron chi connectivity index (χ1n) is 5.20. The van der Waals surface area contributed by atoms with Crippen LogP contribution < -0.4 is 5.73 Å². The summed E-state index contributed by atoms with van der Waals surface area (Å²) in [7, 11) is 0. The Labute approximate surface area is 83.8 Å². The normalized spacial score (nSPS) is 27.8. The lowest BCUT2D eigenvalue weighted by molar-refractivity contribution is 0.104. The maximum Gasteiger partial charge on any atom is 0.200 e. The van der Waals surface area contributed by atoms with Gasteiger partial charge in [0.15, 0.2) is 5.95 Å². The second-order valence-electron chi connectivity index (χ2n) is 4.11. The summed E-state index contributed by atoms with van der Waals surface area (Å²) < 4.78 is 1.99. The van der Waals surface area contributed by atoms with Crippen LogP contribution in [0.25, 0.3) is 0 Å². The molecule has 0 aliphatic heterocycles. The molecule has 2 rings (SSSR count). The third-order valence-electron chi connectivity index (χ3n) is 3.02. The molecule has 1 heterocycles. The van der Waals surface area contributed by atoms with Crippen molar-refractivity contribution < 1.29 is 5.11 Å². The molecule has 0 unspecified atom stereocenters. The van der Waals surface area contributed by atoms with Crippen molar-refractivity contribution in [2.75, 3.05) is 5.73 Å². The van der Waals surface area contributed by atoms with E-state index >= 15 is 0 Å². The van der Waals surface area contributed by atoms with Gasteiger partial charge in [0.25, 0.3) is 0 Å². The van der Waals surface area contributed by atoms with Crippen molar-refractivity contribution in [3.63, 3.8) is 0 Å². The highest BCUT2D eigenvalue weighted by Gasteiger charge is 2.19. The van der Waals surface area contributed by atoms with Crippen molar-refractivity contribution >= 4 is 5.95 Å². The first-order valence-corrected chi connectivity index (χ1v) is 5.20. The van der Waals surface area contributed by atoms with Gasteiger partial charge in [0.1, 0.15) is 0 Å². The molecule has 14 heavy (non-hydrogen) atoms. The summed E-state index contributed by atoms with van der Waals surface area (Å²) >= 11 is 0. The van der Waals surface area contributed by atoms with Gasteiger partial charge in [0, 0.05) is 18.9 Å². The number of imidazole rings is 1. The molecule has 1 saturated carbocycles. The second-order valence-corrected chi connectivity index (χ2v) is 4.11. The third-order valence-corrected chi connectivity index (χ3v) is 3.02. The van der Waals surface area contributed by atoms with Crippen LogP contribution in [0, 0.1) is 5.92 Å². The molecule has 0 saturated heterocycles. The van der Waals surface area contributed by atoms with Gasteiger partial charge in [0.2, 0.25) is 0 Å². The number of nitrogen functional groups attached to an aromatic ring is 1. The zero-order chi connectivity index (χ0) is 9.97. The molecule has 0 amide bonds. The standard InChI is InChI=1S/C10H17N3O/c11-10-12-5-6-13(10)7-8-1-3-9(14)4-2-8/h5-6,8-9,14H,1-4,7H2,(H2,11,12). The van der Waals surface area contributed by atoms with Crippen LogP contribution in [0.15, 0.2) is 12.4 Å². The van der Waals surface area contributed by atoms with E-state index in [4.69, 9.17) is 5.73 Å². The van der Waals surface area contributed by atoms with Gasteiger partial charge in [-0.3, -0.25) is 0 Å². The predicted molar refractivity (Wildman–Crippen MR) is 54.6 cm³/mol. The molecule has 78 valence electrons. The zero-order valence-corrected chi connectivity index (χ0v) is 8.26. The average Bonchev–Trinajstić information content (AvgIpc) is 2.56. The molecule has 1 aliphatic rings. The zero-order valence-electron chi connectivity index (χ0n) is 8.26. The fourth-order valence-electron chi connectivity index (χ4n) is 2.10. The van der Waals surface area contributed by atoms with E-state index < -0.39 is 0 Å². The molecule has 1 aliphatic carbocycles. The molecule has 0 atom stereocenters. The van der Waals surface area contributed by atoms with Gasteiger partial charge in [-0.05, 0) is 31.6 Å². The summed E-state index contributed by atoms with van der Waals surface area (Å²) in [4.78, 5) is 3.99. The van der Waals surface area contributed by atoms with Gasteiger partial charge < -0.3 is 15.4 Å². The smallest absolute Gasteiger partial charge is 0.200 e. The summed E-state index contributed by atoms with van der Waals surface area (Å²) in [5.74, 6) is 1.24. The molecular formula is C10H17N3O. The lowest BCUT2D eigenvalue weighted by Crippen LogP contribution is -2.22. The Bertz CT molecular complexity index is 289. The number of hydrogen-bond acceptors (Lipinski definition) is 3. The molecule has 4 heteroatoms. The van der Waals surface area contributed by atoms with Crippen LogP contribution in [0.5, 0.6) is 0 Å². The lowest BCUT2D eigenvalue weighted by atomic mass is 9.87. The first-order chi connectivity index (χ1) is 6.75. The Morgan fingerprint density at radius 1 is 1.43 bits per heavy atom. The monoisotopic (exact) mass is 195 g/mol. The van der Waals surface area contributed by atoms with Gasteiger partial charge >= 0.3 is 0 Å². The SMILES string of the molecule is Nc1nccn1CC1CCC(O)CC1. The van der Waals surface area contributed by atoms with E-state index in [0.29, 0.717) is 11.9 Å². The van der Waals surface area contributed by atoms with Crippen LogP contribution >= 0.6 is 0 Å². The van der Waals surface area contributed by atoms with Crippen LogP contribution in [0.3, 0.4) is 0 Å². The molecule has 0 aromatic carbocycles. The van der Waals surface area contributed by atoms with Gasteiger partial charge in [-0.1, -0.05) is 0 Å². The summed E-state index contributed by atoms with van der Waals surface area (Å²) in [6, 6.07) is 0. The Morgan fingerprint density at radius 3 is 2.71 bits per heavy atom. The minimum absolute atomic E-state index is 0.0774. The van der Waals surface area contributed by atoms with Gasteiger partial charge in [0.05, 0.1) is 6.10 Å². The van der Waals surface area contributed by atoms with E-state index in [2.05, 4.69) is 4.98 Å². The van der Waals surface area contributed by atoms with E-state index in [1.807, 2.05) is 10.8 Å². The first kappa shape index (κ1) is 9.52. The number of anilines is 1. The summed E-state index contributed by atoms with van der Waals surface area (Å²) in [6.45, 7) is 0.943. The van der Waals surface area contributed by atoms with Crippen LogP contribution in [-0.2, 0) is 6.54 Å². The summed E-state index contributed by atoms with van der Waals surface area (Å²) in [5, 5.41) is 9.36. The molecular weight excluding hydrogens is 178 g/mol. The van der Waals surface area contributed by atoms with Crippen molar-refractivity contribution in [1.82, 2.24) is 9.55 Å². The topological polar surface area (TPSA) is 64.1 Å². The lowest BCUT2D eigenvalue weighted by Gasteiger charge is -2.25. The number of nitrogens with two attached hydrogens (primary N) is 1. The van der Waals surface area contributed by atoms with E-state index in [1.165, 1.54) is 0 Å². The van der Waals surface area contributed by atoms with Gasteiger partial charge in [-0.25, -0.2) is 4.98 Å². The molecule has 0 radical (unpaired) electrons. The highest BCUT2D eigenvalue weighted by molar-refractivity contribution is 5.16. The largest absolute Gasteiger partial charge is 0.393 e. The molecule has 3 N–H and O–H groups in total.